The molecule has 0 saturated carbocycles. The molecule has 0 unspecified atom stereocenters. The molecule has 0 aliphatic carbocycles. The van der Waals surface area contributed by atoms with Crippen LogP contribution in [0.15, 0.2) is 53.6 Å². The molecule has 2 rings (SSSR count). The van der Waals surface area contributed by atoms with Gasteiger partial charge in [0.05, 0.1) is 10.9 Å². The Hall–Kier alpha value is -1.28. The molecule has 0 amide bonds. The zero-order valence-corrected chi connectivity index (χ0v) is 11.9. The molecule has 2 heteroatoms. The lowest BCUT2D eigenvalue weighted by molar-refractivity contribution is 0.620. The lowest BCUT2D eigenvalue weighted by Gasteiger charge is -2.19. The quantitative estimate of drug-likeness (QED) is 0.724. The Labute approximate surface area is 114 Å². The van der Waals surface area contributed by atoms with Gasteiger partial charge in [0.25, 0.3) is 0 Å². The third kappa shape index (κ3) is 3.36. The van der Waals surface area contributed by atoms with Gasteiger partial charge in [-0.3, -0.25) is 4.98 Å². The van der Waals surface area contributed by atoms with Crippen molar-refractivity contribution in [2.75, 3.05) is 0 Å². The Morgan fingerprint density at radius 2 is 1.72 bits per heavy atom. The molecule has 18 heavy (non-hydrogen) atoms. The summed E-state index contributed by atoms with van der Waals surface area (Å²) in [6.07, 6.45) is 1.88. The largest absolute Gasteiger partial charge is 0.260 e. The smallest absolute Gasteiger partial charge is 0.0540 e. The predicted octanol–water partition coefficient (Wildman–Crippen LogP) is 4.88. The highest BCUT2D eigenvalue weighted by Crippen LogP contribution is 2.39. The van der Waals surface area contributed by atoms with Crippen molar-refractivity contribution in [1.29, 1.82) is 0 Å². The fraction of sp³-hybridized carbons (Fsp3) is 0.312. The summed E-state index contributed by atoms with van der Waals surface area (Å²) in [4.78, 5) is 5.80. The molecule has 1 nitrogen and oxygen atoms in total. The van der Waals surface area contributed by atoms with Gasteiger partial charge in [-0.2, -0.15) is 0 Å². The number of benzene rings is 1. The number of aryl methyl sites for hydroxylation is 1. The Morgan fingerprint density at radius 3 is 2.28 bits per heavy atom. The summed E-state index contributed by atoms with van der Waals surface area (Å²) in [5, 5.41) is 0.411. The van der Waals surface area contributed by atoms with Crippen LogP contribution in [0.3, 0.4) is 0 Å². The topological polar surface area (TPSA) is 12.9 Å². The summed E-state index contributed by atoms with van der Waals surface area (Å²) in [6.45, 7) is 6.62. The molecule has 0 aliphatic rings. The van der Waals surface area contributed by atoms with Crippen LogP contribution in [0.4, 0.5) is 0 Å². The van der Waals surface area contributed by atoms with Gasteiger partial charge in [-0.25, -0.2) is 0 Å². The highest BCUT2D eigenvalue weighted by atomic mass is 32.2. The minimum Gasteiger partial charge on any atom is -0.260 e. The summed E-state index contributed by atoms with van der Waals surface area (Å²) in [5.74, 6) is 0.561. The number of nitrogens with zero attached hydrogens (tertiary/aromatic N) is 1. The molecule has 1 heterocycles. The molecule has 0 radical (unpaired) electrons. The molecule has 0 fully saturated rings. The monoisotopic (exact) mass is 257 g/mol. The van der Waals surface area contributed by atoms with Crippen LogP contribution in [0.1, 0.15) is 30.4 Å². The third-order valence-corrected chi connectivity index (χ3v) is 4.45. The number of hydrogen-bond donors (Lipinski definition) is 0. The van der Waals surface area contributed by atoms with E-state index in [9.17, 15) is 0 Å². The third-order valence-electron chi connectivity index (χ3n) is 2.87. The van der Waals surface area contributed by atoms with E-state index in [2.05, 4.69) is 62.2 Å². The van der Waals surface area contributed by atoms with E-state index < -0.39 is 0 Å². The second kappa shape index (κ2) is 6.05. The maximum Gasteiger partial charge on any atom is 0.0540 e. The minimum atomic E-state index is 0.411. The average Bonchev–Trinajstić information content (AvgIpc) is 2.38. The number of rotatable bonds is 4. The lowest BCUT2D eigenvalue weighted by Crippen LogP contribution is -2.04. The first-order valence-corrected chi connectivity index (χ1v) is 7.19. The first-order valence-electron chi connectivity index (χ1n) is 6.31. The fourth-order valence-corrected chi connectivity index (χ4v) is 2.96. The average molecular weight is 257 g/mol. The molecule has 2 aromatic rings. The zero-order valence-electron chi connectivity index (χ0n) is 11.1. The summed E-state index contributed by atoms with van der Waals surface area (Å²) in [6, 6.07) is 14.9. The number of hydrogen-bond acceptors (Lipinski definition) is 2. The van der Waals surface area contributed by atoms with Crippen LogP contribution < -0.4 is 0 Å². The summed E-state index contributed by atoms with van der Waals surface area (Å²) in [7, 11) is 0. The van der Waals surface area contributed by atoms with Crippen LogP contribution in [-0.4, -0.2) is 4.98 Å². The number of pyridine rings is 1. The molecule has 94 valence electrons. The second-order valence-corrected chi connectivity index (χ2v) is 6.07. The SMILES string of the molecule is Cc1ccc(S[C@@H](c2ccccn2)C(C)C)cc1. The van der Waals surface area contributed by atoms with Crippen LogP contribution in [0.25, 0.3) is 0 Å². The zero-order chi connectivity index (χ0) is 13.0. The van der Waals surface area contributed by atoms with Crippen LogP contribution in [0, 0.1) is 12.8 Å². The van der Waals surface area contributed by atoms with Crippen LogP contribution >= 0.6 is 11.8 Å². The van der Waals surface area contributed by atoms with Crippen molar-refractivity contribution >= 4 is 11.8 Å². The summed E-state index contributed by atoms with van der Waals surface area (Å²) < 4.78 is 0. The van der Waals surface area contributed by atoms with E-state index in [-0.39, 0.29) is 0 Å². The fourth-order valence-electron chi connectivity index (χ4n) is 1.85. The molecular weight excluding hydrogens is 238 g/mol. The van der Waals surface area contributed by atoms with Crippen molar-refractivity contribution in [1.82, 2.24) is 4.98 Å². The second-order valence-electron chi connectivity index (χ2n) is 4.85. The van der Waals surface area contributed by atoms with Crippen molar-refractivity contribution in [3.8, 4) is 0 Å². The Balaban J connectivity index is 2.19. The van der Waals surface area contributed by atoms with E-state index >= 15 is 0 Å². The molecule has 0 aliphatic heterocycles. The Bertz CT molecular complexity index is 476. The molecular formula is C16H19NS. The molecule has 1 atom stereocenters. The number of thioether (sulfide) groups is 1. The molecule has 0 bridgehead atoms. The van der Waals surface area contributed by atoms with Gasteiger partial charge >= 0.3 is 0 Å². The van der Waals surface area contributed by atoms with Crippen LogP contribution in [0.2, 0.25) is 0 Å². The van der Waals surface area contributed by atoms with Crippen molar-refractivity contribution < 1.29 is 0 Å². The van der Waals surface area contributed by atoms with E-state index in [0.717, 1.165) is 5.69 Å². The molecule has 1 aromatic heterocycles. The highest BCUT2D eigenvalue weighted by Gasteiger charge is 2.18. The van der Waals surface area contributed by atoms with Gasteiger partial charge < -0.3 is 0 Å². The summed E-state index contributed by atoms with van der Waals surface area (Å²) in [5.41, 5.74) is 2.47. The van der Waals surface area contributed by atoms with Gasteiger partial charge in [0.1, 0.15) is 0 Å². The predicted molar refractivity (Wildman–Crippen MR) is 78.9 cm³/mol. The Morgan fingerprint density at radius 1 is 1.00 bits per heavy atom. The minimum absolute atomic E-state index is 0.411. The number of aromatic nitrogens is 1. The molecule has 0 saturated heterocycles. The van der Waals surface area contributed by atoms with E-state index in [1.165, 1.54) is 10.5 Å². The highest BCUT2D eigenvalue weighted by molar-refractivity contribution is 7.99. The maximum absolute atomic E-state index is 4.49. The summed E-state index contributed by atoms with van der Waals surface area (Å²) >= 11 is 1.90. The van der Waals surface area contributed by atoms with Crippen molar-refractivity contribution in [3.63, 3.8) is 0 Å². The van der Waals surface area contributed by atoms with Gasteiger partial charge in [0.15, 0.2) is 0 Å². The van der Waals surface area contributed by atoms with Gasteiger partial charge in [0.2, 0.25) is 0 Å². The Kier molecular flexibility index (Phi) is 4.43. The van der Waals surface area contributed by atoms with Crippen LogP contribution in [0.5, 0.6) is 0 Å². The molecule has 0 spiro atoms. The van der Waals surface area contributed by atoms with Gasteiger partial charge in [0, 0.05) is 11.1 Å². The maximum atomic E-state index is 4.49. The standard InChI is InChI=1S/C16H19NS/c1-12(2)16(15-6-4-5-11-17-15)18-14-9-7-13(3)8-10-14/h4-12,16H,1-3H3/t16-/m1/s1. The van der Waals surface area contributed by atoms with E-state index in [1.807, 2.05) is 24.0 Å². The van der Waals surface area contributed by atoms with E-state index in [4.69, 9.17) is 0 Å². The van der Waals surface area contributed by atoms with Gasteiger partial charge in [-0.15, -0.1) is 11.8 Å². The van der Waals surface area contributed by atoms with Gasteiger partial charge in [-0.05, 0) is 37.1 Å². The molecule has 1 aromatic carbocycles. The van der Waals surface area contributed by atoms with Crippen molar-refractivity contribution in [2.24, 2.45) is 5.92 Å². The van der Waals surface area contributed by atoms with Crippen molar-refractivity contribution in [3.05, 3.63) is 59.9 Å². The van der Waals surface area contributed by atoms with E-state index in [1.54, 1.807) is 0 Å². The first-order chi connectivity index (χ1) is 8.66. The van der Waals surface area contributed by atoms with Crippen LogP contribution in [-0.2, 0) is 0 Å². The normalized spacial score (nSPS) is 12.7. The van der Waals surface area contributed by atoms with E-state index in [0.29, 0.717) is 11.2 Å². The van der Waals surface area contributed by atoms with Gasteiger partial charge in [-0.1, -0.05) is 37.6 Å². The molecule has 0 N–H and O–H groups in total. The lowest BCUT2D eigenvalue weighted by atomic mass is 10.1. The van der Waals surface area contributed by atoms with Crippen molar-refractivity contribution in [2.45, 2.75) is 30.9 Å². The first kappa shape index (κ1) is 13.2.